The molecule has 3 aliphatic carbocycles. The predicted molar refractivity (Wildman–Crippen MR) is 92.6 cm³/mol. The fourth-order valence-corrected chi connectivity index (χ4v) is 5.15. The van der Waals surface area contributed by atoms with Gasteiger partial charge in [0.25, 0.3) is 5.78 Å². The molecule has 5 heteroatoms. The number of hydrogen-bond donors (Lipinski definition) is 1. The molecule has 3 saturated carbocycles. The lowest BCUT2D eigenvalue weighted by Crippen LogP contribution is -2.20. The Morgan fingerprint density at radius 1 is 1.08 bits per heavy atom. The van der Waals surface area contributed by atoms with Crippen molar-refractivity contribution in [3.63, 3.8) is 0 Å². The molecule has 5 nitrogen and oxygen atoms in total. The van der Waals surface area contributed by atoms with Crippen LogP contribution in [0.1, 0.15) is 80.4 Å². The summed E-state index contributed by atoms with van der Waals surface area (Å²) in [5, 5.41) is 4.74. The van der Waals surface area contributed by atoms with Gasteiger partial charge in [0.15, 0.2) is 0 Å². The second-order valence-corrected chi connectivity index (χ2v) is 8.34. The van der Waals surface area contributed by atoms with Gasteiger partial charge in [0.1, 0.15) is 0 Å². The maximum atomic E-state index is 6.53. The van der Waals surface area contributed by atoms with E-state index in [-0.39, 0.29) is 6.04 Å². The highest BCUT2D eigenvalue weighted by Gasteiger charge is 2.47. The highest BCUT2D eigenvalue weighted by molar-refractivity contribution is 5.33. The van der Waals surface area contributed by atoms with E-state index in [1.165, 1.54) is 51.4 Å². The second kappa shape index (κ2) is 5.51. The molecule has 3 fully saturated rings. The van der Waals surface area contributed by atoms with Gasteiger partial charge in [-0.25, -0.2) is 14.5 Å². The third-order valence-electron chi connectivity index (χ3n) is 6.66. The van der Waals surface area contributed by atoms with Gasteiger partial charge < -0.3 is 5.73 Å². The molecular formula is C19H27N5. The van der Waals surface area contributed by atoms with Crippen molar-refractivity contribution in [1.82, 2.24) is 19.6 Å². The zero-order valence-corrected chi connectivity index (χ0v) is 14.5. The summed E-state index contributed by atoms with van der Waals surface area (Å²) in [7, 11) is 0. The molecule has 2 heterocycles. The van der Waals surface area contributed by atoms with E-state index in [0.29, 0.717) is 11.8 Å². The summed E-state index contributed by atoms with van der Waals surface area (Å²) in [5.74, 6) is 3.79. The zero-order valence-electron chi connectivity index (χ0n) is 14.5. The van der Waals surface area contributed by atoms with Crippen molar-refractivity contribution in [2.45, 2.75) is 70.3 Å². The average Bonchev–Trinajstić information content (AvgIpc) is 3.03. The third-order valence-corrected chi connectivity index (χ3v) is 6.66. The fourth-order valence-electron chi connectivity index (χ4n) is 5.15. The topological polar surface area (TPSA) is 69.1 Å². The van der Waals surface area contributed by atoms with E-state index in [4.69, 9.17) is 20.8 Å². The first-order valence-corrected chi connectivity index (χ1v) is 9.68. The summed E-state index contributed by atoms with van der Waals surface area (Å²) in [4.78, 5) is 9.64. The number of fused-ring (bicyclic) bond motifs is 2. The van der Waals surface area contributed by atoms with Crippen LogP contribution in [0.4, 0.5) is 0 Å². The second-order valence-electron chi connectivity index (χ2n) is 8.34. The Bertz CT molecular complexity index is 750. The number of aromatic nitrogens is 4. The van der Waals surface area contributed by atoms with Gasteiger partial charge in [-0.3, -0.25) is 0 Å². The van der Waals surface area contributed by atoms with Crippen molar-refractivity contribution in [3.05, 3.63) is 23.3 Å². The Labute approximate surface area is 143 Å². The first-order valence-electron chi connectivity index (χ1n) is 9.68. The number of imidazole rings is 1. The lowest BCUT2D eigenvalue weighted by Gasteiger charge is -2.21. The van der Waals surface area contributed by atoms with Crippen molar-refractivity contribution in [2.75, 3.05) is 0 Å². The Kier molecular flexibility index (Phi) is 3.40. The number of nitrogens with two attached hydrogens (primary N) is 1. The molecule has 128 valence electrons. The molecule has 0 saturated heterocycles. The maximum Gasteiger partial charge on any atom is 0.251 e. The predicted octanol–water partition coefficient (Wildman–Crippen LogP) is 3.53. The van der Waals surface area contributed by atoms with Crippen molar-refractivity contribution in [2.24, 2.45) is 23.5 Å². The van der Waals surface area contributed by atoms with Gasteiger partial charge in [-0.1, -0.05) is 19.3 Å². The number of rotatable bonds is 3. The first-order chi connectivity index (χ1) is 11.7. The minimum absolute atomic E-state index is 0.0414. The maximum absolute atomic E-state index is 6.53. The number of hydrogen-bond acceptors (Lipinski definition) is 4. The van der Waals surface area contributed by atoms with Crippen molar-refractivity contribution >= 4 is 5.78 Å². The summed E-state index contributed by atoms with van der Waals surface area (Å²) < 4.78 is 1.84. The summed E-state index contributed by atoms with van der Waals surface area (Å²) in [6, 6.07) is 0.0414. The lowest BCUT2D eigenvalue weighted by atomic mass is 9.86. The van der Waals surface area contributed by atoms with Crippen molar-refractivity contribution in [1.29, 1.82) is 0 Å². The van der Waals surface area contributed by atoms with Crippen LogP contribution < -0.4 is 5.73 Å². The summed E-state index contributed by atoms with van der Waals surface area (Å²) in [6.07, 6.45) is 12.5. The van der Waals surface area contributed by atoms with Crippen LogP contribution in [0.15, 0.2) is 6.20 Å². The van der Waals surface area contributed by atoms with Crippen LogP contribution in [0.3, 0.4) is 0 Å². The van der Waals surface area contributed by atoms with Crippen LogP contribution in [-0.4, -0.2) is 19.6 Å². The standard InChI is InChI=1S/C19H27N5/c1-11-18(12-5-3-2-4-6-12)22-19-21-16(10-24(19)23-11)17(20)15-8-13-7-14(13)9-15/h10,12-15,17H,2-9,20H2,1H3. The molecule has 0 spiro atoms. The van der Waals surface area contributed by atoms with Crippen LogP contribution in [0.2, 0.25) is 0 Å². The smallest absolute Gasteiger partial charge is 0.251 e. The van der Waals surface area contributed by atoms with Crippen LogP contribution in [0, 0.1) is 24.7 Å². The van der Waals surface area contributed by atoms with Gasteiger partial charge in [-0.2, -0.15) is 5.10 Å². The first kappa shape index (κ1) is 14.8. The van der Waals surface area contributed by atoms with E-state index in [9.17, 15) is 0 Å². The summed E-state index contributed by atoms with van der Waals surface area (Å²) in [6.45, 7) is 2.08. The minimum atomic E-state index is 0.0414. The molecule has 0 amide bonds. The van der Waals surface area contributed by atoms with Crippen LogP contribution in [-0.2, 0) is 0 Å². The fraction of sp³-hybridized carbons (Fsp3) is 0.737. The van der Waals surface area contributed by atoms with Crippen molar-refractivity contribution < 1.29 is 0 Å². The molecule has 2 aromatic heterocycles. The van der Waals surface area contributed by atoms with E-state index in [0.717, 1.165) is 34.7 Å². The SMILES string of the molecule is Cc1nn2cc(C(N)C3CC4CC4C3)nc2nc1C1CCCCC1. The van der Waals surface area contributed by atoms with Gasteiger partial charge in [0.05, 0.1) is 29.3 Å². The molecule has 3 atom stereocenters. The molecule has 5 rings (SSSR count). The Balaban J connectivity index is 1.44. The van der Waals surface area contributed by atoms with Crippen LogP contribution in [0.5, 0.6) is 0 Å². The van der Waals surface area contributed by atoms with Gasteiger partial charge in [-0.05, 0) is 56.8 Å². The molecule has 3 unspecified atom stereocenters. The summed E-state index contributed by atoms with van der Waals surface area (Å²) >= 11 is 0. The van der Waals surface area contributed by atoms with Gasteiger partial charge in [0.2, 0.25) is 0 Å². The molecule has 0 bridgehead atoms. The Hall–Kier alpha value is -1.49. The van der Waals surface area contributed by atoms with E-state index < -0.39 is 0 Å². The molecule has 0 radical (unpaired) electrons. The van der Waals surface area contributed by atoms with Gasteiger partial charge in [-0.15, -0.1) is 0 Å². The van der Waals surface area contributed by atoms with E-state index in [2.05, 4.69) is 6.92 Å². The number of nitrogens with zero attached hydrogens (tertiary/aromatic N) is 4. The monoisotopic (exact) mass is 325 g/mol. The lowest BCUT2D eigenvalue weighted by molar-refractivity contribution is 0.399. The largest absolute Gasteiger partial charge is 0.322 e. The minimum Gasteiger partial charge on any atom is -0.322 e. The normalized spacial score (nSPS) is 31.3. The molecule has 3 aliphatic rings. The van der Waals surface area contributed by atoms with E-state index in [1.807, 2.05) is 10.7 Å². The Morgan fingerprint density at radius 2 is 1.83 bits per heavy atom. The number of aryl methyl sites for hydroxylation is 1. The van der Waals surface area contributed by atoms with Gasteiger partial charge >= 0.3 is 0 Å². The van der Waals surface area contributed by atoms with E-state index >= 15 is 0 Å². The quantitative estimate of drug-likeness (QED) is 0.937. The molecule has 24 heavy (non-hydrogen) atoms. The highest BCUT2D eigenvalue weighted by Crippen LogP contribution is 2.56. The van der Waals surface area contributed by atoms with E-state index in [1.54, 1.807) is 0 Å². The highest BCUT2D eigenvalue weighted by atomic mass is 15.3. The van der Waals surface area contributed by atoms with Gasteiger partial charge in [0, 0.05) is 5.92 Å². The molecule has 0 aliphatic heterocycles. The molecular weight excluding hydrogens is 298 g/mol. The molecule has 2 aromatic rings. The summed E-state index contributed by atoms with van der Waals surface area (Å²) in [5.41, 5.74) is 9.72. The Morgan fingerprint density at radius 3 is 2.58 bits per heavy atom. The molecule has 2 N–H and O–H groups in total. The van der Waals surface area contributed by atoms with Crippen molar-refractivity contribution in [3.8, 4) is 0 Å². The average molecular weight is 325 g/mol. The van der Waals surface area contributed by atoms with Crippen LogP contribution in [0.25, 0.3) is 5.78 Å². The van der Waals surface area contributed by atoms with Crippen LogP contribution >= 0.6 is 0 Å². The molecule has 0 aromatic carbocycles. The zero-order chi connectivity index (χ0) is 16.3. The third kappa shape index (κ3) is 2.44.